The Morgan fingerprint density at radius 3 is 0.687 bits per heavy atom. The summed E-state index contributed by atoms with van der Waals surface area (Å²) in [4.78, 5) is 72.9. The fraction of sp³-hybridized carbons (Fsp3) is 0.950. The van der Waals surface area contributed by atoms with Gasteiger partial charge in [0.1, 0.15) is 19.3 Å². The summed E-state index contributed by atoms with van der Waals surface area (Å²) < 4.78 is 68.6. The number of unbranched alkanes of at least 4 members (excludes halogenated alkanes) is 52. The van der Waals surface area contributed by atoms with Crippen LogP contribution in [-0.2, 0) is 65.4 Å². The van der Waals surface area contributed by atoms with Gasteiger partial charge in [0.2, 0.25) is 0 Å². The molecule has 0 fully saturated rings. The number of hydrogen-bond acceptors (Lipinski definition) is 15. The number of carbonyl (C=O) groups is 4. The minimum absolute atomic E-state index is 0.108. The Hall–Kier alpha value is -1.94. The van der Waals surface area contributed by atoms with Crippen LogP contribution in [0, 0.1) is 5.92 Å². The van der Waals surface area contributed by atoms with Crippen molar-refractivity contribution in [3.63, 3.8) is 0 Å². The second kappa shape index (κ2) is 73.0. The van der Waals surface area contributed by atoms with Gasteiger partial charge >= 0.3 is 39.5 Å². The molecule has 0 amide bonds. The summed E-state index contributed by atoms with van der Waals surface area (Å²) >= 11 is 0. The smallest absolute Gasteiger partial charge is 0.462 e. The predicted molar refractivity (Wildman–Crippen MR) is 405 cm³/mol. The zero-order chi connectivity index (χ0) is 72.7. The monoisotopic (exact) mass is 1450 g/mol. The van der Waals surface area contributed by atoms with E-state index in [0.717, 1.165) is 102 Å². The Balaban J connectivity index is 5.20. The molecule has 0 aliphatic rings. The fourth-order valence-corrected chi connectivity index (χ4v) is 14.0. The Bertz CT molecular complexity index is 1890. The van der Waals surface area contributed by atoms with Crippen LogP contribution < -0.4 is 0 Å². The molecule has 0 aromatic rings. The zero-order valence-corrected chi connectivity index (χ0v) is 66.4. The van der Waals surface area contributed by atoms with Crippen molar-refractivity contribution in [3.8, 4) is 0 Å². The van der Waals surface area contributed by atoms with Crippen LogP contribution >= 0.6 is 15.6 Å². The first kappa shape index (κ1) is 97.1. The van der Waals surface area contributed by atoms with Gasteiger partial charge in [0, 0.05) is 25.7 Å². The maximum absolute atomic E-state index is 13.1. The molecule has 588 valence electrons. The quantitative estimate of drug-likeness (QED) is 0.0222. The van der Waals surface area contributed by atoms with Crippen molar-refractivity contribution in [1.82, 2.24) is 0 Å². The predicted octanol–water partition coefficient (Wildman–Crippen LogP) is 24.0. The van der Waals surface area contributed by atoms with Gasteiger partial charge in [-0.3, -0.25) is 37.3 Å². The molecular formula is C80H156O17P2. The summed E-state index contributed by atoms with van der Waals surface area (Å²) in [6.45, 7) is 7.33. The van der Waals surface area contributed by atoms with Crippen molar-refractivity contribution in [2.75, 3.05) is 39.6 Å². The van der Waals surface area contributed by atoms with Gasteiger partial charge in [0.25, 0.3) is 0 Å². The summed E-state index contributed by atoms with van der Waals surface area (Å²) in [6, 6.07) is 0. The van der Waals surface area contributed by atoms with Gasteiger partial charge in [-0.1, -0.05) is 375 Å². The lowest BCUT2D eigenvalue weighted by Gasteiger charge is -2.21. The zero-order valence-electron chi connectivity index (χ0n) is 64.6. The lowest BCUT2D eigenvalue weighted by Crippen LogP contribution is -2.30. The van der Waals surface area contributed by atoms with Crippen LogP contribution in [0.4, 0.5) is 0 Å². The average molecular weight is 1450 g/mol. The van der Waals surface area contributed by atoms with Crippen molar-refractivity contribution in [2.45, 2.75) is 445 Å². The molecule has 19 heteroatoms. The number of phosphoric acid groups is 2. The van der Waals surface area contributed by atoms with Crippen molar-refractivity contribution in [1.29, 1.82) is 0 Å². The second-order valence-electron chi connectivity index (χ2n) is 29.3. The maximum Gasteiger partial charge on any atom is 0.472 e. The highest BCUT2D eigenvalue weighted by Gasteiger charge is 2.30. The van der Waals surface area contributed by atoms with Crippen LogP contribution in [0.25, 0.3) is 0 Å². The average Bonchev–Trinajstić information content (AvgIpc) is 1.03. The van der Waals surface area contributed by atoms with E-state index < -0.39 is 97.5 Å². The summed E-state index contributed by atoms with van der Waals surface area (Å²) in [5.74, 6) is -1.30. The van der Waals surface area contributed by atoms with E-state index in [2.05, 4.69) is 34.6 Å². The standard InChI is InChI=1S/C80H156O17P2/c1-6-9-12-15-18-21-23-25-27-28-29-33-37-40-44-49-54-59-64-78(83)91-70-76(97-80(85)66-61-56-51-46-42-38-34-31-30-32-35-39-43-47-52-57-62-73(4)5)72-95-99(88,89)93-68-74(81)67-92-98(86,87)94-71-75(69-90-77(82)63-58-53-48-20-17-14-11-8-3)96-79(84)65-60-55-50-45-41-36-26-24-22-19-16-13-10-7-2/h73-76,81H,6-72H2,1-5H3,(H,86,87)(H,88,89)/t74-,75+,76+/m0/s1. The number of ether oxygens (including phenoxy) is 4. The topological polar surface area (TPSA) is 237 Å². The summed E-state index contributed by atoms with van der Waals surface area (Å²) in [5.41, 5.74) is 0. The molecule has 0 bridgehead atoms. The van der Waals surface area contributed by atoms with Crippen molar-refractivity contribution < 1.29 is 80.2 Å². The first-order chi connectivity index (χ1) is 48.0. The molecule has 0 aliphatic carbocycles. The molecule has 0 aromatic carbocycles. The number of rotatable bonds is 80. The second-order valence-corrected chi connectivity index (χ2v) is 32.2. The van der Waals surface area contributed by atoms with Crippen molar-refractivity contribution in [2.24, 2.45) is 5.92 Å². The molecule has 0 aliphatic heterocycles. The molecule has 3 N–H and O–H groups in total. The van der Waals surface area contributed by atoms with Gasteiger partial charge in [-0.25, -0.2) is 9.13 Å². The summed E-state index contributed by atoms with van der Waals surface area (Å²) in [6.07, 6.45) is 63.9. The highest BCUT2D eigenvalue weighted by atomic mass is 31.2. The normalized spacial score (nSPS) is 13.9. The fourth-order valence-electron chi connectivity index (χ4n) is 12.4. The lowest BCUT2D eigenvalue weighted by atomic mass is 10.0. The van der Waals surface area contributed by atoms with Gasteiger partial charge in [-0.2, -0.15) is 0 Å². The minimum Gasteiger partial charge on any atom is -0.462 e. The third-order valence-electron chi connectivity index (χ3n) is 18.8. The number of phosphoric ester groups is 2. The molecule has 0 heterocycles. The van der Waals surface area contributed by atoms with E-state index in [-0.39, 0.29) is 25.7 Å². The van der Waals surface area contributed by atoms with Crippen molar-refractivity contribution >= 4 is 39.5 Å². The number of aliphatic hydroxyl groups excluding tert-OH is 1. The molecule has 99 heavy (non-hydrogen) atoms. The van der Waals surface area contributed by atoms with Crippen LogP contribution in [0.2, 0.25) is 0 Å². The molecule has 0 rings (SSSR count). The van der Waals surface area contributed by atoms with Crippen molar-refractivity contribution in [3.05, 3.63) is 0 Å². The Morgan fingerprint density at radius 2 is 0.465 bits per heavy atom. The first-order valence-electron chi connectivity index (χ1n) is 41.6. The highest BCUT2D eigenvalue weighted by molar-refractivity contribution is 7.47. The van der Waals surface area contributed by atoms with Crippen LogP contribution in [-0.4, -0.2) is 96.7 Å². The van der Waals surface area contributed by atoms with Crippen LogP contribution in [0.5, 0.6) is 0 Å². The van der Waals surface area contributed by atoms with E-state index in [0.29, 0.717) is 25.7 Å². The van der Waals surface area contributed by atoms with E-state index >= 15 is 0 Å². The third-order valence-corrected chi connectivity index (χ3v) is 20.7. The maximum atomic E-state index is 13.1. The molecule has 0 spiro atoms. The van der Waals surface area contributed by atoms with E-state index in [1.54, 1.807) is 0 Å². The van der Waals surface area contributed by atoms with Gasteiger partial charge in [-0.05, 0) is 31.6 Å². The van der Waals surface area contributed by atoms with E-state index in [1.807, 2.05) is 0 Å². The van der Waals surface area contributed by atoms with E-state index in [9.17, 15) is 43.2 Å². The van der Waals surface area contributed by atoms with Crippen LogP contribution in [0.1, 0.15) is 426 Å². The Kier molecular flexibility index (Phi) is 71.6. The lowest BCUT2D eigenvalue weighted by molar-refractivity contribution is -0.161. The SMILES string of the molecule is CCCCCCCCCCCCCCCCCCCCC(=O)OC[C@H](COP(=O)(O)OC[C@@H](O)COP(=O)(O)OC[C@@H](COC(=O)CCCCCCCCCC)OC(=O)CCCCCCCCCCCCCCCC)OC(=O)CCCCCCCCCCCCCCCCCCC(C)C. The Labute approximate surface area is 607 Å². The number of carbonyl (C=O) groups excluding carboxylic acids is 4. The van der Waals surface area contributed by atoms with Gasteiger partial charge < -0.3 is 33.8 Å². The molecule has 0 saturated heterocycles. The summed E-state index contributed by atoms with van der Waals surface area (Å²) in [5, 5.41) is 10.6. The van der Waals surface area contributed by atoms with E-state index in [1.165, 1.54) is 244 Å². The van der Waals surface area contributed by atoms with Gasteiger partial charge in [0.05, 0.1) is 26.4 Å². The molecule has 17 nitrogen and oxygen atoms in total. The number of hydrogen-bond donors (Lipinski definition) is 3. The number of esters is 4. The van der Waals surface area contributed by atoms with E-state index in [4.69, 9.17) is 37.0 Å². The molecule has 2 unspecified atom stereocenters. The van der Waals surface area contributed by atoms with Gasteiger partial charge in [-0.15, -0.1) is 0 Å². The first-order valence-corrected chi connectivity index (χ1v) is 44.6. The molecule has 5 atom stereocenters. The highest BCUT2D eigenvalue weighted by Crippen LogP contribution is 2.45. The van der Waals surface area contributed by atoms with Gasteiger partial charge in [0.15, 0.2) is 12.2 Å². The van der Waals surface area contributed by atoms with Crippen LogP contribution in [0.15, 0.2) is 0 Å². The molecule has 0 aromatic heterocycles. The summed E-state index contributed by atoms with van der Waals surface area (Å²) in [7, 11) is -9.91. The third kappa shape index (κ3) is 74.1. The number of aliphatic hydroxyl groups is 1. The molecular weight excluding hydrogens is 1290 g/mol. The minimum atomic E-state index is -4.96. The molecule has 0 radical (unpaired) electrons. The Morgan fingerprint density at radius 1 is 0.273 bits per heavy atom. The molecule has 0 saturated carbocycles. The van der Waals surface area contributed by atoms with Crippen LogP contribution in [0.3, 0.4) is 0 Å². The largest absolute Gasteiger partial charge is 0.472 e.